The maximum absolute atomic E-state index is 12.6. The Bertz CT molecular complexity index is 790. The zero-order valence-corrected chi connectivity index (χ0v) is 18.0. The number of hydrogen-bond donors (Lipinski definition) is 0. The van der Waals surface area contributed by atoms with Gasteiger partial charge in [0.2, 0.25) is 0 Å². The van der Waals surface area contributed by atoms with E-state index in [2.05, 4.69) is 54.8 Å². The molecule has 2 atom stereocenters. The Morgan fingerprint density at radius 1 is 1.07 bits per heavy atom. The van der Waals surface area contributed by atoms with Crippen LogP contribution in [-0.4, -0.2) is 29.1 Å². The predicted octanol–water partition coefficient (Wildman–Crippen LogP) is 6.05. The molecule has 0 aliphatic heterocycles. The number of carbonyl (C=O) groups excluding carboxylic acids is 1. The standard InChI is InChI=1S/C26H33NO2/c1-6-19-27(21(2)23-15-11-8-12-16-23)24(20-25(28)29-26(3,4)5)18-17-22-13-9-7-10-14-22/h6-18,21,24H,1,19-20H2,2-5H3/t21?,24-/m0/s1. The Morgan fingerprint density at radius 3 is 2.21 bits per heavy atom. The van der Waals surface area contributed by atoms with Gasteiger partial charge >= 0.3 is 5.97 Å². The van der Waals surface area contributed by atoms with Crippen LogP contribution < -0.4 is 0 Å². The molecule has 2 rings (SSSR count). The molecule has 0 heterocycles. The largest absolute Gasteiger partial charge is 0.460 e. The summed E-state index contributed by atoms with van der Waals surface area (Å²) in [5.41, 5.74) is 1.81. The highest BCUT2D eigenvalue weighted by Crippen LogP contribution is 2.25. The van der Waals surface area contributed by atoms with Gasteiger partial charge in [0.15, 0.2) is 0 Å². The second-order valence-corrected chi connectivity index (χ2v) is 8.20. The highest BCUT2D eigenvalue weighted by molar-refractivity contribution is 5.71. The molecule has 154 valence electrons. The highest BCUT2D eigenvalue weighted by Gasteiger charge is 2.26. The van der Waals surface area contributed by atoms with Crippen molar-refractivity contribution >= 4 is 12.0 Å². The smallest absolute Gasteiger partial charge is 0.308 e. The number of hydrogen-bond acceptors (Lipinski definition) is 3. The van der Waals surface area contributed by atoms with E-state index in [1.54, 1.807) is 0 Å². The van der Waals surface area contributed by atoms with Crippen LogP contribution in [0.1, 0.15) is 51.3 Å². The SMILES string of the molecule is C=CCN(C(C)c1ccccc1)[C@@H](C=Cc1ccccc1)CC(=O)OC(C)(C)C. The van der Waals surface area contributed by atoms with Crippen LogP contribution in [0.4, 0.5) is 0 Å². The molecule has 0 spiro atoms. The van der Waals surface area contributed by atoms with Crippen LogP contribution in [0.3, 0.4) is 0 Å². The molecular formula is C26H33NO2. The first-order valence-corrected chi connectivity index (χ1v) is 10.2. The number of esters is 1. The lowest BCUT2D eigenvalue weighted by molar-refractivity contribution is -0.156. The highest BCUT2D eigenvalue weighted by atomic mass is 16.6. The minimum absolute atomic E-state index is 0.113. The lowest BCUT2D eigenvalue weighted by Gasteiger charge is -2.34. The second-order valence-electron chi connectivity index (χ2n) is 8.20. The van der Waals surface area contributed by atoms with Crippen molar-refractivity contribution in [1.29, 1.82) is 0 Å². The Hall–Kier alpha value is -2.65. The van der Waals surface area contributed by atoms with Crippen LogP contribution in [0, 0.1) is 0 Å². The molecule has 0 aliphatic rings. The van der Waals surface area contributed by atoms with Gasteiger partial charge in [-0.2, -0.15) is 0 Å². The fourth-order valence-electron chi connectivity index (χ4n) is 3.29. The minimum atomic E-state index is -0.501. The second kappa shape index (κ2) is 10.8. The van der Waals surface area contributed by atoms with E-state index in [4.69, 9.17) is 4.74 Å². The van der Waals surface area contributed by atoms with E-state index in [0.717, 1.165) is 5.56 Å². The summed E-state index contributed by atoms with van der Waals surface area (Å²) in [7, 11) is 0. The van der Waals surface area contributed by atoms with Gasteiger partial charge < -0.3 is 4.74 Å². The maximum Gasteiger partial charge on any atom is 0.308 e. The summed E-state index contributed by atoms with van der Waals surface area (Å²) in [6.07, 6.45) is 6.34. The molecule has 2 aromatic carbocycles. The van der Waals surface area contributed by atoms with E-state index in [1.807, 2.05) is 63.2 Å². The van der Waals surface area contributed by atoms with Crippen LogP contribution >= 0.6 is 0 Å². The first kappa shape index (κ1) is 22.6. The Morgan fingerprint density at radius 2 is 1.66 bits per heavy atom. The van der Waals surface area contributed by atoms with Crippen LogP contribution in [0.5, 0.6) is 0 Å². The molecule has 29 heavy (non-hydrogen) atoms. The summed E-state index contributed by atoms with van der Waals surface area (Å²) >= 11 is 0. The summed E-state index contributed by atoms with van der Waals surface area (Å²) in [5.74, 6) is -0.200. The Kier molecular flexibility index (Phi) is 8.41. The van der Waals surface area contributed by atoms with Gasteiger partial charge in [0.05, 0.1) is 6.42 Å². The number of carbonyl (C=O) groups is 1. The van der Waals surface area contributed by atoms with E-state index >= 15 is 0 Å². The van der Waals surface area contributed by atoms with Gasteiger partial charge in [-0.25, -0.2) is 0 Å². The topological polar surface area (TPSA) is 29.5 Å². The van der Waals surface area contributed by atoms with E-state index in [1.165, 1.54) is 5.56 Å². The maximum atomic E-state index is 12.6. The minimum Gasteiger partial charge on any atom is -0.460 e. The summed E-state index contributed by atoms with van der Waals surface area (Å²) < 4.78 is 5.61. The van der Waals surface area contributed by atoms with Crippen molar-refractivity contribution in [3.05, 3.63) is 90.5 Å². The fourth-order valence-corrected chi connectivity index (χ4v) is 3.29. The van der Waals surface area contributed by atoms with Gasteiger partial charge in [-0.15, -0.1) is 6.58 Å². The zero-order chi connectivity index (χ0) is 21.3. The monoisotopic (exact) mass is 391 g/mol. The van der Waals surface area contributed by atoms with Crippen LogP contribution in [0.15, 0.2) is 79.4 Å². The number of ether oxygens (including phenoxy) is 1. The Balaban J connectivity index is 2.31. The van der Waals surface area contributed by atoms with E-state index in [0.29, 0.717) is 6.54 Å². The van der Waals surface area contributed by atoms with E-state index < -0.39 is 5.60 Å². The third kappa shape index (κ3) is 7.71. The number of benzene rings is 2. The predicted molar refractivity (Wildman–Crippen MR) is 121 cm³/mol. The molecule has 0 N–H and O–H groups in total. The average Bonchev–Trinajstić information content (AvgIpc) is 2.69. The van der Waals surface area contributed by atoms with Crippen molar-refractivity contribution in [2.24, 2.45) is 0 Å². The van der Waals surface area contributed by atoms with Gasteiger partial charge in [0, 0.05) is 18.6 Å². The van der Waals surface area contributed by atoms with Crippen LogP contribution in [0.25, 0.3) is 6.08 Å². The molecule has 0 saturated carbocycles. The molecule has 3 heteroatoms. The molecule has 2 aromatic rings. The van der Waals surface area contributed by atoms with Crippen molar-refractivity contribution in [3.8, 4) is 0 Å². The molecule has 0 amide bonds. The van der Waals surface area contributed by atoms with Crippen molar-refractivity contribution in [1.82, 2.24) is 4.90 Å². The lowest BCUT2D eigenvalue weighted by Crippen LogP contribution is -2.39. The summed E-state index contributed by atoms with van der Waals surface area (Å²) in [4.78, 5) is 14.9. The Labute approximate surface area is 175 Å². The summed E-state index contributed by atoms with van der Waals surface area (Å²) in [6, 6.07) is 20.5. The quantitative estimate of drug-likeness (QED) is 0.385. The van der Waals surface area contributed by atoms with Crippen molar-refractivity contribution in [2.75, 3.05) is 6.54 Å². The van der Waals surface area contributed by atoms with Gasteiger partial charge in [-0.3, -0.25) is 9.69 Å². The van der Waals surface area contributed by atoms with Crippen LogP contribution in [0.2, 0.25) is 0 Å². The molecule has 1 unspecified atom stereocenters. The molecule has 3 nitrogen and oxygen atoms in total. The summed E-state index contributed by atoms with van der Waals surface area (Å²) in [6.45, 7) is 12.5. The van der Waals surface area contributed by atoms with Gasteiger partial charge in [0.1, 0.15) is 5.60 Å². The molecular weight excluding hydrogens is 358 g/mol. The fraction of sp³-hybridized carbons (Fsp3) is 0.346. The molecule has 0 fully saturated rings. The molecule has 0 saturated heterocycles. The zero-order valence-electron chi connectivity index (χ0n) is 18.0. The summed E-state index contributed by atoms with van der Waals surface area (Å²) in [5, 5.41) is 0. The van der Waals surface area contributed by atoms with Crippen molar-refractivity contribution in [3.63, 3.8) is 0 Å². The van der Waals surface area contributed by atoms with Gasteiger partial charge in [-0.1, -0.05) is 78.9 Å². The molecule has 0 aliphatic carbocycles. The first-order chi connectivity index (χ1) is 13.8. The van der Waals surface area contributed by atoms with E-state index in [-0.39, 0.29) is 24.5 Å². The first-order valence-electron chi connectivity index (χ1n) is 10.2. The van der Waals surface area contributed by atoms with Gasteiger partial charge in [-0.05, 0) is 38.8 Å². The van der Waals surface area contributed by atoms with Crippen molar-refractivity contribution < 1.29 is 9.53 Å². The molecule has 0 bridgehead atoms. The third-order valence-electron chi connectivity index (χ3n) is 4.65. The van der Waals surface area contributed by atoms with Gasteiger partial charge in [0.25, 0.3) is 0 Å². The average molecular weight is 392 g/mol. The van der Waals surface area contributed by atoms with Crippen LogP contribution in [-0.2, 0) is 9.53 Å². The van der Waals surface area contributed by atoms with E-state index in [9.17, 15) is 4.79 Å². The number of rotatable bonds is 9. The lowest BCUT2D eigenvalue weighted by atomic mass is 10.0. The molecule has 0 aromatic heterocycles. The normalized spacial score (nSPS) is 14.0. The molecule has 0 radical (unpaired) electrons. The van der Waals surface area contributed by atoms with Crippen molar-refractivity contribution in [2.45, 2.75) is 51.8 Å². The third-order valence-corrected chi connectivity index (χ3v) is 4.65. The number of nitrogens with zero attached hydrogens (tertiary/aromatic N) is 1.